The molecule has 1 aromatic carbocycles. The van der Waals surface area contributed by atoms with E-state index in [4.69, 9.17) is 0 Å². The average molecular weight is 329 g/mol. The van der Waals surface area contributed by atoms with Gasteiger partial charge in [0.2, 0.25) is 0 Å². The highest BCUT2D eigenvalue weighted by molar-refractivity contribution is 5.51. The van der Waals surface area contributed by atoms with Gasteiger partial charge in [0, 0.05) is 0 Å². The molecule has 0 radical (unpaired) electrons. The number of unbranched alkanes of at least 4 members (excludes halogenated alkanes) is 13. The number of hydrogen-bond donors (Lipinski definition) is 0. The molecule has 0 amide bonds. The van der Waals surface area contributed by atoms with Crippen LogP contribution in [0, 0.1) is 0 Å². The maximum Gasteiger partial charge on any atom is -0.0230 e. The van der Waals surface area contributed by atoms with Gasteiger partial charge in [-0.05, 0) is 24.0 Å². The van der Waals surface area contributed by atoms with Crippen LogP contribution in [0.3, 0.4) is 0 Å². The first-order valence-electron chi connectivity index (χ1n) is 10.6. The quantitative estimate of drug-likeness (QED) is 0.267. The lowest BCUT2D eigenvalue weighted by Crippen LogP contribution is -1.90. The van der Waals surface area contributed by atoms with Gasteiger partial charge in [-0.25, -0.2) is 0 Å². The number of hydrogen-bond acceptors (Lipinski definition) is 0. The molecule has 0 heteroatoms. The predicted molar refractivity (Wildman–Crippen MR) is 111 cm³/mol. The molecule has 0 saturated carbocycles. The zero-order valence-corrected chi connectivity index (χ0v) is 16.2. The minimum absolute atomic E-state index is 1.21. The van der Waals surface area contributed by atoms with Crippen molar-refractivity contribution >= 4 is 6.08 Å². The minimum Gasteiger partial charge on any atom is -0.0985 e. The summed E-state index contributed by atoms with van der Waals surface area (Å²) in [4.78, 5) is 0. The lowest BCUT2D eigenvalue weighted by Gasteiger charge is -2.06. The van der Waals surface area contributed by atoms with E-state index in [0.29, 0.717) is 0 Å². The van der Waals surface area contributed by atoms with Crippen molar-refractivity contribution in [2.24, 2.45) is 0 Å². The summed E-state index contributed by atoms with van der Waals surface area (Å²) in [6, 6.07) is 8.67. The molecule has 0 unspecified atom stereocenters. The summed E-state index contributed by atoms with van der Waals surface area (Å²) in [5, 5.41) is 0. The average Bonchev–Trinajstić information content (AvgIpc) is 2.62. The molecule has 24 heavy (non-hydrogen) atoms. The summed E-state index contributed by atoms with van der Waals surface area (Å²) < 4.78 is 0. The van der Waals surface area contributed by atoms with Crippen LogP contribution in [0.4, 0.5) is 0 Å². The third kappa shape index (κ3) is 10.7. The molecule has 0 aliphatic carbocycles. The van der Waals surface area contributed by atoms with Crippen molar-refractivity contribution in [2.75, 3.05) is 0 Å². The molecule has 0 N–H and O–H groups in total. The van der Waals surface area contributed by atoms with Gasteiger partial charge in [-0.1, -0.05) is 127 Å². The van der Waals surface area contributed by atoms with Crippen LogP contribution >= 0.6 is 0 Å². The highest BCUT2D eigenvalue weighted by Gasteiger charge is 1.98. The van der Waals surface area contributed by atoms with Crippen molar-refractivity contribution in [3.8, 4) is 0 Å². The zero-order chi connectivity index (χ0) is 17.3. The van der Waals surface area contributed by atoms with E-state index in [0.717, 1.165) is 0 Å². The van der Waals surface area contributed by atoms with Crippen LogP contribution in [-0.4, -0.2) is 0 Å². The molecule has 1 rings (SSSR count). The lowest BCUT2D eigenvalue weighted by atomic mass is 10.00. The second-order valence-electron chi connectivity index (χ2n) is 7.25. The van der Waals surface area contributed by atoms with E-state index in [1.807, 2.05) is 6.08 Å². The SMILES string of the molecule is C=Cc1ccccc1CCCCCCCCCCCCCCCC. The van der Waals surface area contributed by atoms with Gasteiger partial charge >= 0.3 is 0 Å². The summed E-state index contributed by atoms with van der Waals surface area (Å²) in [6.45, 7) is 6.20. The van der Waals surface area contributed by atoms with E-state index < -0.39 is 0 Å². The molecule has 1 aromatic rings. The number of rotatable bonds is 16. The van der Waals surface area contributed by atoms with Crippen LogP contribution in [0.1, 0.15) is 108 Å². The van der Waals surface area contributed by atoms with Crippen molar-refractivity contribution in [2.45, 2.75) is 103 Å². The summed E-state index contributed by atoms with van der Waals surface area (Å²) >= 11 is 0. The second-order valence-corrected chi connectivity index (χ2v) is 7.25. The van der Waals surface area contributed by atoms with E-state index in [1.54, 1.807) is 0 Å². The Labute approximate surface area is 151 Å². The molecule has 0 aliphatic rings. The Kier molecular flexibility index (Phi) is 13.6. The van der Waals surface area contributed by atoms with Gasteiger partial charge in [0.15, 0.2) is 0 Å². The standard InChI is InChI=1S/C24H40/c1-3-5-6-7-8-9-10-11-12-13-14-15-16-17-21-24-22-19-18-20-23(24)4-2/h4,18-20,22H,2-3,5-17,21H2,1H3. The highest BCUT2D eigenvalue weighted by Crippen LogP contribution is 2.16. The Hall–Kier alpha value is -1.04. The topological polar surface area (TPSA) is 0 Å². The maximum atomic E-state index is 3.91. The first-order valence-corrected chi connectivity index (χ1v) is 10.6. The Morgan fingerprint density at radius 3 is 1.62 bits per heavy atom. The molecular weight excluding hydrogens is 288 g/mol. The molecule has 0 aromatic heterocycles. The van der Waals surface area contributed by atoms with E-state index >= 15 is 0 Å². The van der Waals surface area contributed by atoms with E-state index in [1.165, 1.54) is 107 Å². The van der Waals surface area contributed by atoms with Crippen LogP contribution in [0.15, 0.2) is 30.8 Å². The molecule has 136 valence electrons. The fourth-order valence-electron chi connectivity index (χ4n) is 3.47. The van der Waals surface area contributed by atoms with Crippen molar-refractivity contribution in [1.29, 1.82) is 0 Å². The second kappa shape index (κ2) is 15.5. The van der Waals surface area contributed by atoms with Gasteiger partial charge in [0.1, 0.15) is 0 Å². The smallest absolute Gasteiger partial charge is 0.0230 e. The van der Waals surface area contributed by atoms with Crippen LogP contribution in [0.5, 0.6) is 0 Å². The third-order valence-corrected chi connectivity index (χ3v) is 5.07. The fraction of sp³-hybridized carbons (Fsp3) is 0.667. The van der Waals surface area contributed by atoms with E-state index in [2.05, 4.69) is 37.8 Å². The van der Waals surface area contributed by atoms with Crippen molar-refractivity contribution in [1.82, 2.24) is 0 Å². The van der Waals surface area contributed by atoms with Crippen LogP contribution in [-0.2, 0) is 6.42 Å². The summed E-state index contributed by atoms with van der Waals surface area (Å²) in [7, 11) is 0. The van der Waals surface area contributed by atoms with E-state index in [-0.39, 0.29) is 0 Å². The molecule has 0 nitrogen and oxygen atoms in total. The Balaban J connectivity index is 1.85. The molecule has 0 aliphatic heterocycles. The minimum atomic E-state index is 1.21. The number of aryl methyl sites for hydroxylation is 1. The predicted octanol–water partition coefficient (Wildman–Crippen LogP) is 8.35. The van der Waals surface area contributed by atoms with Crippen LogP contribution in [0.2, 0.25) is 0 Å². The summed E-state index contributed by atoms with van der Waals surface area (Å²) in [5.41, 5.74) is 2.78. The van der Waals surface area contributed by atoms with Gasteiger partial charge < -0.3 is 0 Å². The van der Waals surface area contributed by atoms with Gasteiger partial charge in [-0.3, -0.25) is 0 Å². The van der Waals surface area contributed by atoms with Crippen molar-refractivity contribution in [3.63, 3.8) is 0 Å². The van der Waals surface area contributed by atoms with Gasteiger partial charge in [0.05, 0.1) is 0 Å². The number of benzene rings is 1. The molecular formula is C24H40. The van der Waals surface area contributed by atoms with Crippen molar-refractivity contribution in [3.05, 3.63) is 42.0 Å². The Morgan fingerprint density at radius 2 is 1.12 bits per heavy atom. The molecule has 0 spiro atoms. The Bertz CT molecular complexity index is 404. The normalized spacial score (nSPS) is 10.9. The third-order valence-electron chi connectivity index (χ3n) is 5.07. The zero-order valence-electron chi connectivity index (χ0n) is 16.2. The summed E-state index contributed by atoms with van der Waals surface area (Å²) in [6.07, 6.45) is 23.2. The largest absolute Gasteiger partial charge is 0.0985 e. The van der Waals surface area contributed by atoms with E-state index in [9.17, 15) is 0 Å². The highest BCUT2D eigenvalue weighted by atomic mass is 14.0. The monoisotopic (exact) mass is 328 g/mol. The van der Waals surface area contributed by atoms with Crippen molar-refractivity contribution < 1.29 is 0 Å². The Morgan fingerprint density at radius 1 is 0.667 bits per heavy atom. The summed E-state index contributed by atoms with van der Waals surface area (Å²) in [5.74, 6) is 0. The lowest BCUT2D eigenvalue weighted by molar-refractivity contribution is 0.535. The molecule has 0 saturated heterocycles. The van der Waals surface area contributed by atoms with Crippen LogP contribution in [0.25, 0.3) is 6.08 Å². The molecule has 0 heterocycles. The van der Waals surface area contributed by atoms with Gasteiger partial charge in [-0.2, -0.15) is 0 Å². The maximum absolute atomic E-state index is 3.91. The fourth-order valence-corrected chi connectivity index (χ4v) is 3.47. The first kappa shape index (κ1) is 21.0. The van der Waals surface area contributed by atoms with Gasteiger partial charge in [-0.15, -0.1) is 0 Å². The molecule has 0 atom stereocenters. The van der Waals surface area contributed by atoms with Crippen LogP contribution < -0.4 is 0 Å². The molecule has 0 bridgehead atoms. The van der Waals surface area contributed by atoms with Gasteiger partial charge in [0.25, 0.3) is 0 Å². The first-order chi connectivity index (χ1) is 11.9. The molecule has 0 fully saturated rings.